The van der Waals surface area contributed by atoms with Crippen molar-refractivity contribution in [2.24, 2.45) is 0 Å². The molecule has 2 aromatic rings. The third-order valence-electron chi connectivity index (χ3n) is 5.37. The van der Waals surface area contributed by atoms with E-state index in [1.54, 1.807) is 38.1 Å². The largest absolute Gasteiger partial charge is 0.466 e. The maximum Gasteiger partial charge on any atom is 0.337 e. The van der Waals surface area contributed by atoms with Crippen LogP contribution in [0.2, 0.25) is 0 Å². The van der Waals surface area contributed by atoms with Crippen LogP contribution in [0, 0.1) is 0 Å². The van der Waals surface area contributed by atoms with Gasteiger partial charge in [-0.05, 0) is 19.4 Å². The first kappa shape index (κ1) is 19.7. The fourth-order valence-corrected chi connectivity index (χ4v) is 4.27. The number of carbonyl (C=O) groups excluding carboxylic acids is 3. The molecular weight excluding hydrogens is 390 g/mol. The van der Waals surface area contributed by atoms with Gasteiger partial charge in [-0.25, -0.2) is 4.79 Å². The van der Waals surface area contributed by atoms with Crippen molar-refractivity contribution in [2.45, 2.75) is 25.7 Å². The summed E-state index contributed by atoms with van der Waals surface area (Å²) in [5.41, 5.74) is 5.81. The van der Waals surface area contributed by atoms with Gasteiger partial charge in [0, 0.05) is 18.3 Å². The normalized spacial score (nSPS) is 19.3. The number of fused-ring (bicyclic) bond motifs is 5. The SMILES string of the molecule is CCOC(=O)CC1=C(C(=O)OCC)[C@@]2(C(=O)N1C)c1ccccc1-c1oc(N)nc12. The van der Waals surface area contributed by atoms with Gasteiger partial charge in [-0.2, -0.15) is 4.98 Å². The minimum absolute atomic E-state index is 0.0319. The van der Waals surface area contributed by atoms with Gasteiger partial charge in [-0.15, -0.1) is 0 Å². The van der Waals surface area contributed by atoms with E-state index in [2.05, 4.69) is 4.98 Å². The molecule has 1 atom stereocenters. The number of oxazole rings is 1. The average Bonchev–Trinajstić information content (AvgIpc) is 3.28. The van der Waals surface area contributed by atoms with Gasteiger partial charge in [0.15, 0.2) is 11.2 Å². The number of rotatable bonds is 5. The van der Waals surface area contributed by atoms with Gasteiger partial charge in [0.2, 0.25) is 5.91 Å². The summed E-state index contributed by atoms with van der Waals surface area (Å²) in [7, 11) is 1.51. The number of likely N-dealkylation sites (N-methyl/N-ethyl adjacent to an activating group) is 1. The van der Waals surface area contributed by atoms with Crippen LogP contribution >= 0.6 is 0 Å². The average molecular weight is 411 g/mol. The molecule has 1 aliphatic carbocycles. The summed E-state index contributed by atoms with van der Waals surface area (Å²) >= 11 is 0. The Morgan fingerprint density at radius 2 is 1.90 bits per heavy atom. The molecule has 1 spiro atoms. The van der Waals surface area contributed by atoms with Gasteiger partial charge in [-0.3, -0.25) is 9.59 Å². The van der Waals surface area contributed by atoms with Crippen LogP contribution < -0.4 is 5.73 Å². The number of amides is 1. The van der Waals surface area contributed by atoms with E-state index in [1.165, 1.54) is 11.9 Å². The fourth-order valence-electron chi connectivity index (χ4n) is 4.27. The standard InChI is InChI=1S/C21H21N3O6/c1-4-28-14(25)10-13-15(18(26)29-5-2)21(19(27)24(13)3)12-9-7-6-8-11(12)16-17(21)23-20(22)30-16/h6-9H,4-5,10H2,1-3H3,(H2,22,23)/t21-/m0/s1. The number of carbonyl (C=O) groups is 3. The van der Waals surface area contributed by atoms with E-state index in [0.29, 0.717) is 16.9 Å². The van der Waals surface area contributed by atoms with Crippen molar-refractivity contribution < 1.29 is 28.3 Å². The monoisotopic (exact) mass is 411 g/mol. The van der Waals surface area contributed by atoms with Gasteiger partial charge in [0.05, 0.1) is 25.2 Å². The number of benzene rings is 1. The predicted octanol–water partition coefficient (Wildman–Crippen LogP) is 1.77. The van der Waals surface area contributed by atoms with Crippen molar-refractivity contribution in [3.63, 3.8) is 0 Å². The van der Waals surface area contributed by atoms with Gasteiger partial charge >= 0.3 is 11.9 Å². The Hall–Kier alpha value is -3.62. The Labute approximate surface area is 172 Å². The van der Waals surface area contributed by atoms with Crippen molar-refractivity contribution in [1.82, 2.24) is 9.88 Å². The lowest BCUT2D eigenvalue weighted by Crippen LogP contribution is -2.41. The molecule has 2 N–H and O–H groups in total. The van der Waals surface area contributed by atoms with Crippen molar-refractivity contribution in [2.75, 3.05) is 26.0 Å². The van der Waals surface area contributed by atoms with E-state index in [1.807, 2.05) is 0 Å². The van der Waals surface area contributed by atoms with Gasteiger partial charge in [0.1, 0.15) is 5.69 Å². The Balaban J connectivity index is 2.04. The molecule has 2 aliphatic rings. The highest BCUT2D eigenvalue weighted by Gasteiger charge is 2.63. The van der Waals surface area contributed by atoms with Crippen LogP contribution in [0.4, 0.5) is 6.01 Å². The Bertz CT molecular complexity index is 1100. The van der Waals surface area contributed by atoms with Gasteiger partial charge in [-0.1, -0.05) is 24.3 Å². The molecule has 1 aliphatic heterocycles. The molecule has 1 aromatic heterocycles. The van der Waals surface area contributed by atoms with Crippen molar-refractivity contribution in [3.8, 4) is 11.3 Å². The van der Waals surface area contributed by atoms with Crippen LogP contribution in [0.1, 0.15) is 31.5 Å². The second-order valence-electron chi connectivity index (χ2n) is 6.91. The minimum atomic E-state index is -1.60. The summed E-state index contributed by atoms with van der Waals surface area (Å²) in [6.45, 7) is 3.62. The quantitative estimate of drug-likeness (QED) is 0.738. The zero-order valence-electron chi connectivity index (χ0n) is 16.9. The Morgan fingerprint density at radius 3 is 2.60 bits per heavy atom. The number of nitrogens with zero attached hydrogens (tertiary/aromatic N) is 2. The lowest BCUT2D eigenvalue weighted by atomic mass is 9.74. The van der Waals surface area contributed by atoms with E-state index < -0.39 is 23.3 Å². The molecule has 9 nitrogen and oxygen atoms in total. The van der Waals surface area contributed by atoms with E-state index in [0.717, 1.165) is 0 Å². The van der Waals surface area contributed by atoms with E-state index in [4.69, 9.17) is 19.6 Å². The summed E-state index contributed by atoms with van der Waals surface area (Å²) in [5.74, 6) is -1.38. The molecular formula is C21H21N3O6. The summed E-state index contributed by atoms with van der Waals surface area (Å²) < 4.78 is 15.9. The summed E-state index contributed by atoms with van der Waals surface area (Å²) in [5, 5.41) is 0. The number of hydrogen-bond donors (Lipinski definition) is 1. The molecule has 0 radical (unpaired) electrons. The van der Waals surface area contributed by atoms with E-state index in [-0.39, 0.29) is 42.6 Å². The smallest absolute Gasteiger partial charge is 0.337 e. The number of esters is 2. The van der Waals surface area contributed by atoms with Crippen LogP contribution in [0.15, 0.2) is 40.0 Å². The number of nitrogens with two attached hydrogens (primary N) is 1. The highest BCUT2D eigenvalue weighted by Crippen LogP contribution is 2.57. The topological polar surface area (TPSA) is 125 Å². The molecule has 4 rings (SSSR count). The number of nitrogen functional groups attached to an aromatic ring is 1. The lowest BCUT2D eigenvalue weighted by molar-refractivity contribution is -0.142. The summed E-state index contributed by atoms with van der Waals surface area (Å²) in [6, 6.07) is 6.94. The number of aromatic nitrogens is 1. The second-order valence-corrected chi connectivity index (χ2v) is 6.91. The first-order chi connectivity index (χ1) is 14.4. The molecule has 9 heteroatoms. The van der Waals surface area contributed by atoms with Crippen molar-refractivity contribution in [1.29, 1.82) is 0 Å². The van der Waals surface area contributed by atoms with Crippen LogP contribution in [0.3, 0.4) is 0 Å². The fraction of sp³-hybridized carbons (Fsp3) is 0.333. The van der Waals surface area contributed by atoms with Crippen LogP contribution in [0.5, 0.6) is 0 Å². The molecule has 30 heavy (non-hydrogen) atoms. The molecule has 0 bridgehead atoms. The van der Waals surface area contributed by atoms with Crippen LogP contribution in [-0.4, -0.2) is 48.0 Å². The zero-order chi connectivity index (χ0) is 21.6. The molecule has 0 unspecified atom stereocenters. The summed E-state index contributed by atoms with van der Waals surface area (Å²) in [6.07, 6.45) is -0.267. The van der Waals surface area contributed by atoms with Crippen LogP contribution in [0.25, 0.3) is 11.3 Å². The molecule has 1 aromatic carbocycles. The first-order valence-electron chi connectivity index (χ1n) is 9.59. The lowest BCUT2D eigenvalue weighted by Gasteiger charge is -2.25. The number of anilines is 1. The molecule has 0 saturated carbocycles. The second kappa shape index (κ2) is 7.01. The Kier molecular flexibility index (Phi) is 4.60. The zero-order valence-corrected chi connectivity index (χ0v) is 16.9. The molecule has 0 saturated heterocycles. The number of ether oxygens (including phenoxy) is 2. The van der Waals surface area contributed by atoms with Crippen molar-refractivity contribution >= 4 is 23.9 Å². The van der Waals surface area contributed by atoms with Gasteiger partial charge < -0.3 is 24.5 Å². The third kappa shape index (κ3) is 2.47. The highest BCUT2D eigenvalue weighted by atomic mass is 16.5. The first-order valence-corrected chi connectivity index (χ1v) is 9.59. The predicted molar refractivity (Wildman–Crippen MR) is 105 cm³/mol. The van der Waals surface area contributed by atoms with Crippen molar-refractivity contribution in [3.05, 3.63) is 46.8 Å². The highest BCUT2D eigenvalue weighted by molar-refractivity contribution is 6.14. The molecule has 1 amide bonds. The summed E-state index contributed by atoms with van der Waals surface area (Å²) in [4.78, 5) is 44.7. The minimum Gasteiger partial charge on any atom is -0.466 e. The molecule has 2 heterocycles. The van der Waals surface area contributed by atoms with Crippen LogP contribution in [-0.2, 0) is 29.3 Å². The maximum absolute atomic E-state index is 13.7. The Morgan fingerprint density at radius 1 is 1.20 bits per heavy atom. The maximum atomic E-state index is 13.7. The van der Waals surface area contributed by atoms with Gasteiger partial charge in [0.25, 0.3) is 6.01 Å². The van der Waals surface area contributed by atoms with E-state index >= 15 is 0 Å². The third-order valence-corrected chi connectivity index (χ3v) is 5.37. The molecule has 156 valence electrons. The number of hydrogen-bond acceptors (Lipinski definition) is 8. The molecule has 0 fully saturated rings. The van der Waals surface area contributed by atoms with E-state index in [9.17, 15) is 14.4 Å².